The molecule has 1 unspecified atom stereocenters. The van der Waals surface area contributed by atoms with E-state index >= 15 is 0 Å². The van der Waals surface area contributed by atoms with E-state index in [1.807, 2.05) is 31.6 Å². The van der Waals surface area contributed by atoms with Gasteiger partial charge in [0.15, 0.2) is 0 Å². The van der Waals surface area contributed by atoms with E-state index < -0.39 is 0 Å². The molecule has 0 aliphatic heterocycles. The molecule has 17 heavy (non-hydrogen) atoms. The highest BCUT2D eigenvalue weighted by atomic mass is 79.9. The molecule has 0 aliphatic carbocycles. The minimum absolute atomic E-state index is 0.262. The minimum atomic E-state index is 0.262. The highest BCUT2D eigenvalue weighted by Crippen LogP contribution is 2.27. The summed E-state index contributed by atoms with van der Waals surface area (Å²) in [5, 5.41) is 0. The topological polar surface area (TPSA) is 43.8 Å². The molecule has 0 amide bonds. The van der Waals surface area contributed by atoms with E-state index in [2.05, 4.69) is 37.6 Å². The summed E-state index contributed by atoms with van der Waals surface area (Å²) in [6, 6.07) is 8.34. The average molecular weight is 294 g/mol. The van der Waals surface area contributed by atoms with Crippen molar-refractivity contribution in [2.24, 2.45) is 12.8 Å². The van der Waals surface area contributed by atoms with E-state index in [-0.39, 0.29) is 5.92 Å². The number of aryl methyl sites for hydroxylation is 1. The van der Waals surface area contributed by atoms with Gasteiger partial charge in [0, 0.05) is 29.8 Å². The Hall–Kier alpha value is -1.13. The van der Waals surface area contributed by atoms with Gasteiger partial charge < -0.3 is 10.3 Å². The minimum Gasteiger partial charge on any atom is -0.337 e. The molecule has 0 bridgehead atoms. The van der Waals surface area contributed by atoms with Gasteiger partial charge in [-0.2, -0.15) is 0 Å². The van der Waals surface area contributed by atoms with Gasteiger partial charge in [-0.15, -0.1) is 0 Å². The van der Waals surface area contributed by atoms with E-state index in [9.17, 15) is 0 Å². The predicted molar refractivity (Wildman–Crippen MR) is 72.9 cm³/mol. The Morgan fingerprint density at radius 2 is 2.29 bits per heavy atom. The van der Waals surface area contributed by atoms with Crippen molar-refractivity contribution in [1.82, 2.24) is 9.55 Å². The maximum atomic E-state index is 5.71. The molecule has 1 heterocycles. The van der Waals surface area contributed by atoms with Gasteiger partial charge in [-0.05, 0) is 30.7 Å². The van der Waals surface area contributed by atoms with Gasteiger partial charge in [-0.1, -0.05) is 28.1 Å². The third-order valence-electron chi connectivity index (χ3n) is 2.88. The van der Waals surface area contributed by atoms with Crippen LogP contribution in [-0.2, 0) is 7.05 Å². The van der Waals surface area contributed by atoms with Gasteiger partial charge in [0.2, 0.25) is 0 Å². The van der Waals surface area contributed by atoms with E-state index in [0.717, 1.165) is 16.7 Å². The van der Waals surface area contributed by atoms with E-state index in [0.29, 0.717) is 6.54 Å². The number of halogens is 1. The van der Waals surface area contributed by atoms with Gasteiger partial charge in [-0.25, -0.2) is 4.98 Å². The Balaban J connectivity index is 2.39. The molecule has 4 heteroatoms. The molecule has 2 rings (SSSR count). The molecule has 1 atom stereocenters. The number of aromatic nitrogens is 2. The van der Waals surface area contributed by atoms with Crippen molar-refractivity contribution in [3.05, 3.63) is 52.5 Å². The molecule has 0 spiro atoms. The summed E-state index contributed by atoms with van der Waals surface area (Å²) in [6.45, 7) is 0.657. The highest BCUT2D eigenvalue weighted by Gasteiger charge is 2.17. The number of nitrogens with zero attached hydrogens (tertiary/aromatic N) is 2. The van der Waals surface area contributed by atoms with Crippen LogP contribution in [-0.4, -0.2) is 16.1 Å². The lowest BCUT2D eigenvalue weighted by atomic mass is 9.95. The van der Waals surface area contributed by atoms with E-state index in [1.54, 1.807) is 0 Å². The molecule has 0 radical (unpaired) electrons. The second-order valence-corrected chi connectivity index (χ2v) is 5.00. The van der Waals surface area contributed by atoms with Crippen molar-refractivity contribution in [2.75, 3.05) is 6.54 Å². The van der Waals surface area contributed by atoms with Crippen molar-refractivity contribution in [1.29, 1.82) is 0 Å². The van der Waals surface area contributed by atoms with Crippen LogP contribution in [0.4, 0.5) is 0 Å². The fourth-order valence-corrected chi connectivity index (χ4v) is 2.46. The lowest BCUT2D eigenvalue weighted by molar-refractivity contribution is 0.648. The van der Waals surface area contributed by atoms with Crippen LogP contribution < -0.4 is 5.73 Å². The molecule has 2 N–H and O–H groups in total. The van der Waals surface area contributed by atoms with Crippen molar-refractivity contribution < 1.29 is 0 Å². The summed E-state index contributed by atoms with van der Waals surface area (Å²) in [4.78, 5) is 4.43. The molecule has 1 aromatic carbocycles. The second-order valence-electron chi connectivity index (χ2n) is 4.08. The number of benzene rings is 1. The molecule has 2 aromatic rings. The zero-order valence-electron chi connectivity index (χ0n) is 9.81. The standard InChI is InChI=1S/C13H16BrN3/c1-17-8-7-16-13(17)12(5-6-15)10-3-2-4-11(14)9-10/h2-4,7-9,12H,5-6,15H2,1H3. The van der Waals surface area contributed by atoms with Crippen LogP contribution >= 0.6 is 15.9 Å². The molecule has 0 aliphatic rings. The second kappa shape index (κ2) is 5.47. The largest absolute Gasteiger partial charge is 0.337 e. The molecular formula is C13H16BrN3. The average Bonchev–Trinajstić information content (AvgIpc) is 2.72. The zero-order valence-corrected chi connectivity index (χ0v) is 11.4. The third-order valence-corrected chi connectivity index (χ3v) is 3.37. The van der Waals surface area contributed by atoms with Crippen LogP contribution in [0.25, 0.3) is 0 Å². The Morgan fingerprint density at radius 3 is 2.88 bits per heavy atom. The molecule has 1 aromatic heterocycles. The first-order valence-corrected chi connectivity index (χ1v) is 6.44. The van der Waals surface area contributed by atoms with Crippen LogP contribution in [0.1, 0.15) is 23.7 Å². The third kappa shape index (κ3) is 2.76. The fourth-order valence-electron chi connectivity index (χ4n) is 2.05. The lowest BCUT2D eigenvalue weighted by Crippen LogP contribution is -2.12. The summed E-state index contributed by atoms with van der Waals surface area (Å²) in [5.41, 5.74) is 6.96. The summed E-state index contributed by atoms with van der Waals surface area (Å²) < 4.78 is 3.15. The zero-order chi connectivity index (χ0) is 12.3. The van der Waals surface area contributed by atoms with Gasteiger partial charge in [0.05, 0.1) is 0 Å². The Kier molecular flexibility index (Phi) is 3.97. The van der Waals surface area contributed by atoms with E-state index in [1.165, 1.54) is 5.56 Å². The Labute approximate surface area is 110 Å². The number of imidazole rings is 1. The van der Waals surface area contributed by atoms with Crippen LogP contribution in [0.15, 0.2) is 41.1 Å². The number of rotatable bonds is 4. The summed E-state index contributed by atoms with van der Waals surface area (Å²) in [7, 11) is 2.02. The fraction of sp³-hybridized carbons (Fsp3) is 0.308. The monoisotopic (exact) mass is 293 g/mol. The highest BCUT2D eigenvalue weighted by molar-refractivity contribution is 9.10. The first-order chi connectivity index (χ1) is 8.22. The summed E-state index contributed by atoms with van der Waals surface area (Å²) in [5.74, 6) is 1.33. The molecule has 0 saturated carbocycles. The maximum absolute atomic E-state index is 5.71. The first-order valence-electron chi connectivity index (χ1n) is 5.65. The number of hydrogen-bond acceptors (Lipinski definition) is 2. The Morgan fingerprint density at radius 1 is 1.47 bits per heavy atom. The van der Waals surface area contributed by atoms with Crippen molar-refractivity contribution in [3.8, 4) is 0 Å². The Bertz CT molecular complexity index is 493. The molecule has 3 nitrogen and oxygen atoms in total. The summed E-state index contributed by atoms with van der Waals surface area (Å²) in [6.07, 6.45) is 4.70. The van der Waals surface area contributed by atoms with Gasteiger partial charge in [-0.3, -0.25) is 0 Å². The summed E-state index contributed by atoms with van der Waals surface area (Å²) >= 11 is 3.50. The van der Waals surface area contributed by atoms with Gasteiger partial charge >= 0.3 is 0 Å². The predicted octanol–water partition coefficient (Wildman–Crippen LogP) is 2.66. The molecule has 0 saturated heterocycles. The first kappa shape index (κ1) is 12.3. The smallest absolute Gasteiger partial charge is 0.115 e. The van der Waals surface area contributed by atoms with Crippen LogP contribution in [0.3, 0.4) is 0 Å². The van der Waals surface area contributed by atoms with Gasteiger partial charge in [0.1, 0.15) is 5.82 Å². The van der Waals surface area contributed by atoms with Gasteiger partial charge in [0.25, 0.3) is 0 Å². The quantitative estimate of drug-likeness (QED) is 0.942. The van der Waals surface area contributed by atoms with E-state index in [4.69, 9.17) is 5.73 Å². The van der Waals surface area contributed by atoms with Crippen LogP contribution in [0, 0.1) is 0 Å². The van der Waals surface area contributed by atoms with Crippen LogP contribution in [0.5, 0.6) is 0 Å². The maximum Gasteiger partial charge on any atom is 0.115 e. The molecular weight excluding hydrogens is 278 g/mol. The normalized spacial score (nSPS) is 12.6. The van der Waals surface area contributed by atoms with Crippen molar-refractivity contribution >= 4 is 15.9 Å². The molecule has 0 fully saturated rings. The number of nitrogens with two attached hydrogens (primary N) is 1. The SMILES string of the molecule is Cn1ccnc1C(CCN)c1cccc(Br)c1. The molecule has 90 valence electrons. The van der Waals surface area contributed by atoms with Crippen molar-refractivity contribution in [2.45, 2.75) is 12.3 Å². The van der Waals surface area contributed by atoms with Crippen molar-refractivity contribution in [3.63, 3.8) is 0 Å². The number of hydrogen-bond donors (Lipinski definition) is 1. The van der Waals surface area contributed by atoms with Crippen LogP contribution in [0.2, 0.25) is 0 Å². The lowest BCUT2D eigenvalue weighted by Gasteiger charge is -2.16.